The third-order valence-electron chi connectivity index (χ3n) is 14.7. The summed E-state index contributed by atoms with van der Waals surface area (Å²) in [6.07, 6.45) is 84.9. The molecule has 0 rings (SSSR count). The Balaban J connectivity index is 4.41. The van der Waals surface area contributed by atoms with E-state index in [1.807, 2.05) is 0 Å². The Morgan fingerprint density at radius 2 is 0.506 bits per heavy atom. The highest BCUT2D eigenvalue weighted by Crippen LogP contribution is 2.18. The molecule has 0 aliphatic rings. The van der Waals surface area contributed by atoms with Crippen molar-refractivity contribution in [2.45, 2.75) is 348 Å². The van der Waals surface area contributed by atoms with Crippen molar-refractivity contribution in [3.63, 3.8) is 0 Å². The molecule has 6 nitrogen and oxygen atoms in total. The van der Waals surface area contributed by atoms with E-state index in [1.165, 1.54) is 205 Å². The lowest BCUT2D eigenvalue weighted by Gasteiger charge is -2.18. The van der Waals surface area contributed by atoms with Crippen molar-refractivity contribution in [1.29, 1.82) is 0 Å². The molecule has 0 fully saturated rings. The third kappa shape index (κ3) is 63.6. The van der Waals surface area contributed by atoms with Crippen LogP contribution in [-0.2, 0) is 28.6 Å². The first-order valence-electron chi connectivity index (χ1n) is 33.4. The highest BCUT2D eigenvalue weighted by Gasteiger charge is 2.19. The molecule has 0 aromatic heterocycles. The quantitative estimate of drug-likeness (QED) is 0.0261. The second kappa shape index (κ2) is 65.4. The van der Waals surface area contributed by atoms with Crippen molar-refractivity contribution in [2.75, 3.05) is 13.2 Å². The zero-order chi connectivity index (χ0) is 55.7. The lowest BCUT2D eigenvalue weighted by atomic mass is 10.0. The number of ether oxygens (including phenoxy) is 3. The number of rotatable bonds is 61. The number of esters is 3. The number of carbonyl (C=O) groups is 3. The van der Waals surface area contributed by atoms with Crippen molar-refractivity contribution >= 4 is 17.9 Å². The van der Waals surface area contributed by atoms with Gasteiger partial charge in [0.2, 0.25) is 0 Å². The molecule has 0 bridgehead atoms. The Hall–Kier alpha value is -3.15. The van der Waals surface area contributed by atoms with Crippen LogP contribution in [0, 0.1) is 0 Å². The largest absolute Gasteiger partial charge is 0.462 e. The molecule has 0 aliphatic carbocycles. The van der Waals surface area contributed by atoms with Gasteiger partial charge in [-0.2, -0.15) is 0 Å². The molecule has 446 valence electrons. The van der Waals surface area contributed by atoms with E-state index in [-0.39, 0.29) is 31.1 Å². The Kier molecular flexibility index (Phi) is 62.7. The van der Waals surface area contributed by atoms with E-state index in [2.05, 4.69) is 93.7 Å². The Morgan fingerprint density at radius 1 is 0.273 bits per heavy atom. The molecular weight excluding hydrogens is 949 g/mol. The van der Waals surface area contributed by atoms with Gasteiger partial charge in [0, 0.05) is 19.3 Å². The van der Waals surface area contributed by atoms with E-state index in [1.54, 1.807) is 0 Å². The topological polar surface area (TPSA) is 78.9 Å². The van der Waals surface area contributed by atoms with Gasteiger partial charge in [0.1, 0.15) is 13.2 Å². The molecule has 0 aromatic carbocycles. The van der Waals surface area contributed by atoms with E-state index in [9.17, 15) is 14.4 Å². The minimum absolute atomic E-state index is 0.0845. The van der Waals surface area contributed by atoms with Crippen molar-refractivity contribution in [2.24, 2.45) is 0 Å². The molecule has 0 spiro atoms. The Morgan fingerprint density at radius 3 is 0.792 bits per heavy atom. The van der Waals surface area contributed by atoms with Crippen molar-refractivity contribution in [3.8, 4) is 0 Å². The monoisotopic (exact) mass is 1070 g/mol. The number of hydrogen-bond acceptors (Lipinski definition) is 6. The minimum atomic E-state index is -0.792. The van der Waals surface area contributed by atoms with Crippen LogP contribution in [0.1, 0.15) is 342 Å². The SMILES string of the molecule is CC/C=C\C/C=C\C/C=C\C/C=C\C/C=C\C/C=C\CCCCC(=O)OCC(COC(=O)CCCCCCCCCCCCCCCCCCC)OC(=O)CCCCCCCCCCCCCCCCCCCCCCC. The average molecular weight is 1080 g/mol. The molecule has 1 atom stereocenters. The Labute approximate surface area is 478 Å². The summed E-state index contributed by atoms with van der Waals surface area (Å²) in [5.41, 5.74) is 0. The number of carbonyl (C=O) groups excluding carboxylic acids is 3. The summed E-state index contributed by atoms with van der Waals surface area (Å²) < 4.78 is 16.9. The summed E-state index contributed by atoms with van der Waals surface area (Å²) in [6.45, 7) is 6.55. The molecular formula is C71H126O6. The normalized spacial score (nSPS) is 12.5. The van der Waals surface area contributed by atoms with Gasteiger partial charge in [-0.25, -0.2) is 0 Å². The average Bonchev–Trinajstić information content (AvgIpc) is 3.43. The molecule has 0 amide bonds. The fraction of sp³-hybridized carbons (Fsp3) is 0.789. The van der Waals surface area contributed by atoms with Crippen LogP contribution in [0.15, 0.2) is 72.9 Å². The van der Waals surface area contributed by atoms with Crippen LogP contribution in [-0.4, -0.2) is 37.2 Å². The van der Waals surface area contributed by atoms with Crippen LogP contribution in [0.25, 0.3) is 0 Å². The third-order valence-corrected chi connectivity index (χ3v) is 14.7. The standard InChI is InChI=1S/C71H126O6/c1-4-7-10-13-16-19-22-25-28-31-33-35-37-40-43-46-49-52-55-58-61-64-70(73)76-67-68(66-75-69(72)63-60-57-54-51-48-45-42-39-30-27-24-21-18-15-12-9-6-3)77-71(74)65-62-59-56-53-50-47-44-41-38-36-34-32-29-26-23-20-17-14-11-8-5-2/h7,10,16,19,25,28,33,35,40,43,49,52,68H,4-6,8-9,11-15,17-18,20-24,26-27,29-32,34,36-39,41-42,44-48,50-51,53-67H2,1-3H3/b10-7-,19-16-,28-25-,35-33-,43-40-,52-49-. The van der Waals surface area contributed by atoms with Gasteiger partial charge < -0.3 is 14.2 Å². The fourth-order valence-electron chi connectivity index (χ4n) is 9.74. The fourth-order valence-corrected chi connectivity index (χ4v) is 9.74. The van der Waals surface area contributed by atoms with E-state index in [4.69, 9.17) is 14.2 Å². The van der Waals surface area contributed by atoms with Crippen LogP contribution in [0.5, 0.6) is 0 Å². The second-order valence-corrected chi connectivity index (χ2v) is 22.4. The van der Waals surface area contributed by atoms with Gasteiger partial charge in [0.25, 0.3) is 0 Å². The molecule has 6 heteroatoms. The molecule has 0 aromatic rings. The van der Waals surface area contributed by atoms with Gasteiger partial charge in [-0.1, -0.05) is 325 Å². The summed E-state index contributed by atoms with van der Waals surface area (Å²) in [6, 6.07) is 0. The first-order valence-corrected chi connectivity index (χ1v) is 33.4. The molecule has 77 heavy (non-hydrogen) atoms. The number of hydrogen-bond donors (Lipinski definition) is 0. The van der Waals surface area contributed by atoms with Gasteiger partial charge in [0.15, 0.2) is 6.10 Å². The predicted octanol–water partition coefficient (Wildman–Crippen LogP) is 22.9. The van der Waals surface area contributed by atoms with Crippen molar-refractivity contribution < 1.29 is 28.6 Å². The first-order chi connectivity index (χ1) is 38.0. The predicted molar refractivity (Wildman–Crippen MR) is 335 cm³/mol. The Bertz CT molecular complexity index is 1420. The van der Waals surface area contributed by atoms with E-state index in [0.717, 1.165) is 96.3 Å². The highest BCUT2D eigenvalue weighted by atomic mass is 16.6. The van der Waals surface area contributed by atoms with Gasteiger partial charge in [-0.05, 0) is 70.6 Å². The summed E-state index contributed by atoms with van der Waals surface area (Å²) in [7, 11) is 0. The van der Waals surface area contributed by atoms with E-state index >= 15 is 0 Å². The van der Waals surface area contributed by atoms with Crippen LogP contribution < -0.4 is 0 Å². The molecule has 0 saturated carbocycles. The van der Waals surface area contributed by atoms with Crippen molar-refractivity contribution in [3.05, 3.63) is 72.9 Å². The van der Waals surface area contributed by atoms with Crippen molar-refractivity contribution in [1.82, 2.24) is 0 Å². The molecule has 0 radical (unpaired) electrons. The summed E-state index contributed by atoms with van der Waals surface area (Å²) in [4.78, 5) is 38.4. The van der Waals surface area contributed by atoms with Gasteiger partial charge in [-0.3, -0.25) is 14.4 Å². The number of unbranched alkanes of at least 4 members (excludes halogenated alkanes) is 38. The lowest BCUT2D eigenvalue weighted by Crippen LogP contribution is -2.30. The highest BCUT2D eigenvalue weighted by molar-refractivity contribution is 5.71. The maximum Gasteiger partial charge on any atom is 0.306 e. The zero-order valence-electron chi connectivity index (χ0n) is 51.2. The molecule has 0 heterocycles. The maximum absolute atomic E-state index is 12.9. The van der Waals surface area contributed by atoms with Crippen LogP contribution in [0.2, 0.25) is 0 Å². The minimum Gasteiger partial charge on any atom is -0.462 e. The molecule has 1 unspecified atom stereocenters. The maximum atomic E-state index is 12.9. The van der Waals surface area contributed by atoms with Crippen LogP contribution >= 0.6 is 0 Å². The van der Waals surface area contributed by atoms with Gasteiger partial charge in [-0.15, -0.1) is 0 Å². The van der Waals surface area contributed by atoms with Gasteiger partial charge in [0.05, 0.1) is 0 Å². The lowest BCUT2D eigenvalue weighted by molar-refractivity contribution is -0.167. The van der Waals surface area contributed by atoms with Gasteiger partial charge >= 0.3 is 17.9 Å². The molecule has 0 saturated heterocycles. The van der Waals surface area contributed by atoms with E-state index < -0.39 is 6.10 Å². The molecule has 0 N–H and O–H groups in total. The summed E-state index contributed by atoms with van der Waals surface area (Å²) in [5.74, 6) is -0.908. The number of allylic oxidation sites excluding steroid dienone is 12. The van der Waals surface area contributed by atoms with Crippen LogP contribution in [0.3, 0.4) is 0 Å². The van der Waals surface area contributed by atoms with E-state index in [0.29, 0.717) is 19.3 Å². The first kappa shape index (κ1) is 73.8. The smallest absolute Gasteiger partial charge is 0.306 e. The summed E-state index contributed by atoms with van der Waals surface area (Å²) >= 11 is 0. The summed E-state index contributed by atoms with van der Waals surface area (Å²) in [5, 5.41) is 0. The molecule has 0 aliphatic heterocycles. The zero-order valence-corrected chi connectivity index (χ0v) is 51.2. The van der Waals surface area contributed by atoms with Crippen LogP contribution in [0.4, 0.5) is 0 Å². The second-order valence-electron chi connectivity index (χ2n) is 22.4.